The Morgan fingerprint density at radius 2 is 2.04 bits per heavy atom. The third kappa shape index (κ3) is 3.30. The summed E-state index contributed by atoms with van der Waals surface area (Å²) in [6, 6.07) is 10.0. The number of rotatable bonds is 2. The largest absolute Gasteiger partial charge is 1.00 e. The molecule has 0 aliphatic carbocycles. The van der Waals surface area contributed by atoms with Crippen molar-refractivity contribution >= 4 is 64.4 Å². The summed E-state index contributed by atoms with van der Waals surface area (Å²) < 4.78 is 4.33. The first-order valence-corrected chi connectivity index (χ1v) is 12.3. The number of fused-ring (bicyclic) bond motifs is 3. The van der Waals surface area contributed by atoms with Crippen LogP contribution in [0.4, 0.5) is 0 Å². The molecule has 0 saturated carbocycles. The molecule has 132 valence electrons. The summed E-state index contributed by atoms with van der Waals surface area (Å²) in [6.45, 7) is 4.19. The Hall–Kier alpha value is -0.111. The number of nitrogens with zero attached hydrogens (tertiary/aromatic N) is 2. The van der Waals surface area contributed by atoms with Crippen molar-refractivity contribution in [1.29, 1.82) is 0 Å². The van der Waals surface area contributed by atoms with Gasteiger partial charge in [0.15, 0.2) is 0 Å². The number of aromatic nitrogens is 2. The van der Waals surface area contributed by atoms with E-state index in [1.165, 1.54) is 4.88 Å². The van der Waals surface area contributed by atoms with Crippen LogP contribution in [-0.4, -0.2) is 30.8 Å². The molecular formula is C17H16Br2N2OS2Se. The average molecular weight is 567 g/mol. The molecule has 25 heavy (non-hydrogen) atoms. The molecule has 1 aliphatic rings. The predicted octanol–water partition coefficient (Wildman–Crippen LogP) is 0.717. The van der Waals surface area contributed by atoms with E-state index in [-0.39, 0.29) is 22.5 Å². The Labute approximate surface area is 180 Å². The molecule has 0 N–H and O–H groups in total. The summed E-state index contributed by atoms with van der Waals surface area (Å²) in [5, 5.41) is 2.99. The molecule has 0 radical (unpaired) electrons. The molecule has 0 spiro atoms. The van der Waals surface area contributed by atoms with Crippen molar-refractivity contribution in [1.82, 2.24) is 4.57 Å². The van der Waals surface area contributed by atoms with Gasteiger partial charge in [0.05, 0.1) is 0 Å². The quantitative estimate of drug-likeness (QED) is 0.260. The van der Waals surface area contributed by atoms with E-state index in [1.807, 2.05) is 34.9 Å². The molecule has 3 nitrogen and oxygen atoms in total. The number of para-hydroxylation sites is 1. The van der Waals surface area contributed by atoms with Crippen LogP contribution in [0.15, 0.2) is 40.3 Å². The number of thiophene rings is 1. The molecule has 2 aromatic heterocycles. The topological polar surface area (TPSA) is 25.9 Å². The van der Waals surface area contributed by atoms with Gasteiger partial charge >= 0.3 is 164 Å². The van der Waals surface area contributed by atoms with Crippen LogP contribution in [0.1, 0.15) is 10.4 Å². The van der Waals surface area contributed by atoms with Crippen molar-refractivity contribution < 1.29 is 20.6 Å². The maximum atomic E-state index is 13.3. The summed E-state index contributed by atoms with van der Waals surface area (Å²) in [5.41, 5.74) is 2.20. The van der Waals surface area contributed by atoms with Gasteiger partial charge in [-0.3, -0.25) is 0 Å². The third-order valence-electron chi connectivity index (χ3n) is 4.17. The first-order chi connectivity index (χ1) is 11.6. The van der Waals surface area contributed by atoms with E-state index < -0.39 is 0 Å². The fraction of sp³-hybridized carbons (Fsp3) is 0.294. The molecule has 1 unspecified atom stereocenters. The summed E-state index contributed by atoms with van der Waals surface area (Å²) in [4.78, 5) is 16.4. The summed E-state index contributed by atoms with van der Waals surface area (Å²) in [5.74, 6) is 1.06. The summed E-state index contributed by atoms with van der Waals surface area (Å²) in [6.07, 6.45) is 0. The monoisotopic (exact) mass is 566 g/mol. The van der Waals surface area contributed by atoms with Gasteiger partial charge in [0.2, 0.25) is 0 Å². The third-order valence-corrected chi connectivity index (χ3v) is 11.8. The van der Waals surface area contributed by atoms with Crippen LogP contribution in [0, 0.1) is 13.8 Å². The summed E-state index contributed by atoms with van der Waals surface area (Å²) in [7, 11) is 0. The molecular weight excluding hydrogens is 551 g/mol. The van der Waals surface area contributed by atoms with Crippen molar-refractivity contribution in [2.75, 3.05) is 11.1 Å². The average Bonchev–Trinajstić information content (AvgIpc) is 2.91. The normalized spacial score (nSPS) is 16.5. The van der Waals surface area contributed by atoms with E-state index in [1.54, 1.807) is 23.1 Å². The van der Waals surface area contributed by atoms with E-state index in [0.717, 1.165) is 37.7 Å². The number of hydrogen-bond acceptors (Lipinski definition) is 3. The molecule has 0 fully saturated rings. The molecule has 1 aromatic carbocycles. The maximum absolute atomic E-state index is 13.3. The van der Waals surface area contributed by atoms with Crippen LogP contribution in [-0.2, 0) is 0 Å². The molecule has 0 amide bonds. The van der Waals surface area contributed by atoms with Crippen LogP contribution < -0.4 is 26.1 Å². The standard InChI is InChI=1S/C17H16BrN2OS2Se.BrH/c1-10-11(2)23-16-14(10)15(21)19(12-6-4-3-5-7-12)17-20(16)24-13(8-18)9-22-17;/h3-7,13H,8-9H2,1-2H3;1H/q+1;/p-1. The number of thioether (sulfide) groups is 1. The van der Waals surface area contributed by atoms with Crippen LogP contribution in [0.5, 0.6) is 0 Å². The minimum Gasteiger partial charge on any atom is -1.00 e. The van der Waals surface area contributed by atoms with Gasteiger partial charge in [0.25, 0.3) is 0 Å². The Morgan fingerprint density at radius 1 is 1.32 bits per heavy atom. The van der Waals surface area contributed by atoms with Gasteiger partial charge in [0.1, 0.15) is 0 Å². The molecule has 0 saturated heterocycles. The van der Waals surface area contributed by atoms with E-state index in [0.29, 0.717) is 20.0 Å². The van der Waals surface area contributed by atoms with Crippen molar-refractivity contribution in [3.63, 3.8) is 0 Å². The van der Waals surface area contributed by atoms with Crippen molar-refractivity contribution in [3.05, 3.63) is 51.1 Å². The summed E-state index contributed by atoms with van der Waals surface area (Å²) >= 11 is 7.52. The second-order valence-electron chi connectivity index (χ2n) is 5.71. The number of hydrogen-bond donors (Lipinski definition) is 0. The molecule has 3 heterocycles. The Morgan fingerprint density at radius 3 is 2.72 bits per heavy atom. The minimum atomic E-state index is 0. The molecule has 4 rings (SSSR count). The molecule has 1 atom stereocenters. The zero-order chi connectivity index (χ0) is 16.8. The Balaban J connectivity index is 0.00000182. The van der Waals surface area contributed by atoms with Gasteiger partial charge in [0, 0.05) is 0 Å². The number of aryl methyl sites for hydroxylation is 2. The minimum absolute atomic E-state index is 0. The smallest absolute Gasteiger partial charge is 1.00 e. The zero-order valence-corrected chi connectivity index (χ0v) is 20.2. The van der Waals surface area contributed by atoms with Crippen molar-refractivity contribution in [2.24, 2.45) is 0 Å². The first kappa shape index (κ1) is 19.6. The van der Waals surface area contributed by atoms with E-state index in [9.17, 15) is 4.79 Å². The van der Waals surface area contributed by atoms with Crippen LogP contribution in [0.2, 0.25) is 4.82 Å². The number of alkyl halides is 1. The Kier molecular flexibility index (Phi) is 6.18. The van der Waals surface area contributed by atoms with Crippen LogP contribution >= 0.6 is 39.0 Å². The molecule has 1 aliphatic heterocycles. The fourth-order valence-corrected chi connectivity index (χ4v) is 9.44. The van der Waals surface area contributed by atoms with E-state index in [2.05, 4.69) is 33.4 Å². The van der Waals surface area contributed by atoms with Crippen molar-refractivity contribution in [3.8, 4) is 5.69 Å². The molecule has 0 bridgehead atoms. The van der Waals surface area contributed by atoms with Crippen LogP contribution in [0.25, 0.3) is 15.9 Å². The molecule has 3 aromatic rings. The van der Waals surface area contributed by atoms with Gasteiger partial charge in [-0.05, 0) is 0 Å². The number of benzene rings is 1. The Bertz CT molecular complexity index is 988. The van der Waals surface area contributed by atoms with Gasteiger partial charge < -0.3 is 17.0 Å². The van der Waals surface area contributed by atoms with Crippen molar-refractivity contribution in [2.45, 2.75) is 23.8 Å². The van der Waals surface area contributed by atoms with E-state index in [4.69, 9.17) is 0 Å². The van der Waals surface area contributed by atoms with Gasteiger partial charge in [-0.2, -0.15) is 0 Å². The predicted molar refractivity (Wildman–Crippen MR) is 107 cm³/mol. The van der Waals surface area contributed by atoms with E-state index >= 15 is 0 Å². The fourth-order valence-electron chi connectivity index (χ4n) is 2.82. The first-order valence-electron chi connectivity index (χ1n) is 7.64. The SMILES string of the molecule is Cc1sc2c(c1C)c(=O)n(-c1ccccc1)c1[n+]2[Se]C(CBr)CS1.[Br-]. The second-order valence-corrected chi connectivity index (χ2v) is 11.2. The second kappa shape index (κ2) is 7.87. The van der Waals surface area contributed by atoms with Gasteiger partial charge in [-0.1, -0.05) is 0 Å². The number of halogens is 2. The van der Waals surface area contributed by atoms with Crippen LogP contribution in [0.3, 0.4) is 0 Å². The van der Waals surface area contributed by atoms with Gasteiger partial charge in [-0.25, -0.2) is 0 Å². The zero-order valence-electron chi connectivity index (χ0n) is 13.7. The molecule has 8 heteroatoms. The van der Waals surface area contributed by atoms with Gasteiger partial charge in [-0.15, -0.1) is 0 Å². The maximum Gasteiger partial charge on any atom is -1.00 e.